The van der Waals surface area contributed by atoms with Crippen molar-refractivity contribution in [3.63, 3.8) is 0 Å². The summed E-state index contributed by atoms with van der Waals surface area (Å²) in [5.41, 5.74) is 0.892. The Morgan fingerprint density at radius 2 is 1.58 bits per heavy atom. The molecule has 0 saturated heterocycles. The van der Waals surface area contributed by atoms with Crippen molar-refractivity contribution in [1.29, 1.82) is 0 Å². The maximum absolute atomic E-state index is 13.3. The van der Waals surface area contributed by atoms with Crippen LogP contribution in [0.1, 0.15) is 5.56 Å². The number of halogens is 1. The fourth-order valence-electron chi connectivity index (χ4n) is 1.93. The highest BCUT2D eigenvalue weighted by Gasteiger charge is 2.16. The van der Waals surface area contributed by atoms with E-state index in [1.807, 2.05) is 0 Å². The molecule has 24 heavy (non-hydrogen) atoms. The predicted octanol–water partition coefficient (Wildman–Crippen LogP) is 2.33. The van der Waals surface area contributed by atoms with Crippen molar-refractivity contribution in [3.05, 3.63) is 53.8 Å². The van der Waals surface area contributed by atoms with E-state index in [-0.39, 0.29) is 16.1 Å². The molecular formula is C15H17FN2O4S2. The molecular weight excluding hydrogens is 355 g/mol. The van der Waals surface area contributed by atoms with Gasteiger partial charge in [-0.2, -0.15) is 0 Å². The minimum atomic E-state index is -3.86. The number of sulfonamides is 2. The second-order valence-corrected chi connectivity index (χ2v) is 8.99. The number of nitrogens with zero attached hydrogens (tertiary/aromatic N) is 1. The molecule has 0 aliphatic carbocycles. The quantitative estimate of drug-likeness (QED) is 0.873. The SMILES string of the molecule is Cc1cc(S(=O)(=O)Nc2ccc(N(C)S(C)(=O)=O)cc2)ccc1F. The van der Waals surface area contributed by atoms with Crippen LogP contribution in [0.5, 0.6) is 0 Å². The standard InChI is InChI=1S/C15H17FN2O4S2/c1-11-10-14(8-9-15(11)16)24(21,22)17-12-4-6-13(7-5-12)18(2)23(3,19)20/h4-10,17H,1-3H3. The van der Waals surface area contributed by atoms with Gasteiger partial charge in [-0.3, -0.25) is 9.03 Å². The van der Waals surface area contributed by atoms with Crippen molar-refractivity contribution in [2.75, 3.05) is 22.3 Å². The number of hydrogen-bond donors (Lipinski definition) is 1. The van der Waals surface area contributed by atoms with Gasteiger partial charge in [0.15, 0.2) is 0 Å². The smallest absolute Gasteiger partial charge is 0.261 e. The summed E-state index contributed by atoms with van der Waals surface area (Å²) in [7, 11) is -5.86. The molecule has 9 heteroatoms. The Labute approximate surface area is 141 Å². The van der Waals surface area contributed by atoms with Crippen LogP contribution in [0.3, 0.4) is 0 Å². The molecule has 0 aliphatic rings. The molecule has 1 N–H and O–H groups in total. The van der Waals surface area contributed by atoms with Crippen molar-refractivity contribution in [2.24, 2.45) is 0 Å². The summed E-state index contributed by atoms with van der Waals surface area (Å²) in [6.45, 7) is 1.48. The first-order valence-electron chi connectivity index (χ1n) is 6.83. The van der Waals surface area contributed by atoms with Gasteiger partial charge in [-0.25, -0.2) is 21.2 Å². The second kappa shape index (κ2) is 6.40. The van der Waals surface area contributed by atoms with Gasteiger partial charge in [-0.05, 0) is 55.0 Å². The molecule has 2 aromatic carbocycles. The monoisotopic (exact) mass is 372 g/mol. The summed E-state index contributed by atoms with van der Waals surface area (Å²) < 4.78 is 64.3. The lowest BCUT2D eigenvalue weighted by molar-refractivity contribution is 0.597. The summed E-state index contributed by atoms with van der Waals surface area (Å²) in [5, 5.41) is 0. The van der Waals surface area contributed by atoms with Gasteiger partial charge in [0.1, 0.15) is 5.82 Å². The molecule has 0 fully saturated rings. The number of hydrogen-bond acceptors (Lipinski definition) is 4. The van der Waals surface area contributed by atoms with Gasteiger partial charge in [-0.15, -0.1) is 0 Å². The Hall–Kier alpha value is -2.13. The van der Waals surface area contributed by atoms with Gasteiger partial charge in [0.2, 0.25) is 10.0 Å². The molecule has 0 aliphatic heterocycles. The highest BCUT2D eigenvalue weighted by Crippen LogP contribution is 2.22. The van der Waals surface area contributed by atoms with E-state index in [0.717, 1.165) is 16.6 Å². The summed E-state index contributed by atoms with van der Waals surface area (Å²) in [4.78, 5) is -0.0567. The molecule has 0 heterocycles. The highest BCUT2D eigenvalue weighted by atomic mass is 32.2. The van der Waals surface area contributed by atoms with Crippen molar-refractivity contribution in [1.82, 2.24) is 0 Å². The topological polar surface area (TPSA) is 83.6 Å². The van der Waals surface area contributed by atoms with E-state index in [1.54, 1.807) is 0 Å². The Balaban J connectivity index is 2.26. The summed E-state index contributed by atoms with van der Waals surface area (Å²) in [6, 6.07) is 9.37. The highest BCUT2D eigenvalue weighted by molar-refractivity contribution is 7.92. The fourth-order valence-corrected chi connectivity index (χ4v) is 3.58. The Morgan fingerprint density at radius 1 is 1.00 bits per heavy atom. The first-order chi connectivity index (χ1) is 11.0. The van der Waals surface area contributed by atoms with Gasteiger partial charge in [0.25, 0.3) is 10.0 Å². The van der Waals surface area contributed by atoms with Crippen LogP contribution in [0.15, 0.2) is 47.4 Å². The van der Waals surface area contributed by atoms with E-state index in [0.29, 0.717) is 5.69 Å². The van der Waals surface area contributed by atoms with Crippen LogP contribution in [-0.2, 0) is 20.0 Å². The minimum Gasteiger partial charge on any atom is -0.280 e. The Morgan fingerprint density at radius 3 is 2.08 bits per heavy atom. The molecule has 0 unspecified atom stereocenters. The lowest BCUT2D eigenvalue weighted by Crippen LogP contribution is -2.24. The van der Waals surface area contributed by atoms with Gasteiger partial charge in [-0.1, -0.05) is 0 Å². The second-order valence-electron chi connectivity index (χ2n) is 5.29. The van der Waals surface area contributed by atoms with E-state index in [1.165, 1.54) is 50.4 Å². The molecule has 0 amide bonds. The van der Waals surface area contributed by atoms with Crippen molar-refractivity contribution < 1.29 is 21.2 Å². The van der Waals surface area contributed by atoms with Gasteiger partial charge in [0.05, 0.1) is 16.8 Å². The van der Waals surface area contributed by atoms with Crippen molar-refractivity contribution >= 4 is 31.4 Å². The van der Waals surface area contributed by atoms with Crippen molar-refractivity contribution in [3.8, 4) is 0 Å². The normalized spacial score (nSPS) is 12.0. The van der Waals surface area contributed by atoms with E-state index in [2.05, 4.69) is 4.72 Å². The van der Waals surface area contributed by atoms with Gasteiger partial charge in [0, 0.05) is 12.7 Å². The molecule has 0 atom stereocenters. The number of anilines is 2. The van der Waals surface area contributed by atoms with E-state index in [4.69, 9.17) is 0 Å². The molecule has 6 nitrogen and oxygen atoms in total. The number of nitrogens with one attached hydrogen (secondary N) is 1. The van der Waals surface area contributed by atoms with Crippen LogP contribution in [0.25, 0.3) is 0 Å². The predicted molar refractivity (Wildman–Crippen MR) is 91.6 cm³/mol. The minimum absolute atomic E-state index is 0.0567. The van der Waals surface area contributed by atoms with Crippen LogP contribution in [0.4, 0.5) is 15.8 Å². The Bertz CT molecular complexity index is 955. The molecule has 0 bridgehead atoms. The molecule has 0 spiro atoms. The Kier molecular flexibility index (Phi) is 4.86. The zero-order valence-corrected chi connectivity index (χ0v) is 14.9. The first-order valence-corrected chi connectivity index (χ1v) is 10.2. The molecule has 2 rings (SSSR count). The van der Waals surface area contributed by atoms with Crippen LogP contribution in [0.2, 0.25) is 0 Å². The summed E-state index contributed by atoms with van der Waals surface area (Å²) >= 11 is 0. The number of aryl methyl sites for hydroxylation is 1. The van der Waals surface area contributed by atoms with Crippen LogP contribution >= 0.6 is 0 Å². The zero-order chi connectivity index (χ0) is 18.1. The first kappa shape index (κ1) is 18.2. The third-order valence-corrected chi connectivity index (χ3v) is 6.01. The maximum Gasteiger partial charge on any atom is 0.261 e. The third-order valence-electron chi connectivity index (χ3n) is 3.42. The maximum atomic E-state index is 13.3. The molecule has 0 radical (unpaired) electrons. The zero-order valence-electron chi connectivity index (χ0n) is 13.3. The van der Waals surface area contributed by atoms with Crippen LogP contribution < -0.4 is 9.03 Å². The summed E-state index contributed by atoms with van der Waals surface area (Å²) in [6.07, 6.45) is 1.07. The van der Waals surface area contributed by atoms with E-state index >= 15 is 0 Å². The van der Waals surface area contributed by atoms with Gasteiger partial charge >= 0.3 is 0 Å². The van der Waals surface area contributed by atoms with Crippen LogP contribution in [-0.4, -0.2) is 30.1 Å². The largest absolute Gasteiger partial charge is 0.280 e. The molecule has 0 saturated carbocycles. The molecule has 0 aromatic heterocycles. The average molecular weight is 372 g/mol. The van der Waals surface area contributed by atoms with E-state index in [9.17, 15) is 21.2 Å². The summed E-state index contributed by atoms with van der Waals surface area (Å²) in [5.74, 6) is -0.484. The number of rotatable bonds is 5. The van der Waals surface area contributed by atoms with Crippen molar-refractivity contribution in [2.45, 2.75) is 11.8 Å². The van der Waals surface area contributed by atoms with E-state index < -0.39 is 25.9 Å². The van der Waals surface area contributed by atoms with Crippen LogP contribution in [0, 0.1) is 12.7 Å². The number of benzene rings is 2. The lowest BCUT2D eigenvalue weighted by atomic mass is 10.2. The lowest BCUT2D eigenvalue weighted by Gasteiger charge is -2.17. The molecule has 130 valence electrons. The average Bonchev–Trinajstić information content (AvgIpc) is 2.48. The fraction of sp³-hybridized carbons (Fsp3) is 0.200. The molecule has 2 aromatic rings. The van der Waals surface area contributed by atoms with Gasteiger partial charge < -0.3 is 0 Å². The third kappa shape index (κ3) is 4.04.